The Kier molecular flexibility index (Phi) is 4.86. The molecule has 96 valence electrons. The number of benzene rings is 1. The Balaban J connectivity index is 2.44. The van der Waals surface area contributed by atoms with E-state index in [0.717, 1.165) is 0 Å². The lowest BCUT2D eigenvalue weighted by atomic mass is 10.2. The van der Waals surface area contributed by atoms with E-state index in [9.17, 15) is 14.4 Å². The highest BCUT2D eigenvalue weighted by Gasteiger charge is 2.07. The van der Waals surface area contributed by atoms with Gasteiger partial charge < -0.3 is 14.9 Å². The van der Waals surface area contributed by atoms with Gasteiger partial charge in [-0.05, 0) is 30.7 Å². The molecule has 6 heteroatoms. The van der Waals surface area contributed by atoms with Crippen molar-refractivity contribution in [2.75, 3.05) is 0 Å². The van der Waals surface area contributed by atoms with Crippen LogP contribution in [0.15, 0.2) is 24.3 Å². The molecular formula is C12H12O6. The molecule has 0 aromatic heterocycles. The summed E-state index contributed by atoms with van der Waals surface area (Å²) in [5.41, 5.74) is 0.0978. The zero-order valence-corrected chi connectivity index (χ0v) is 9.46. The molecular weight excluding hydrogens is 240 g/mol. The number of esters is 1. The molecule has 0 aliphatic rings. The quantitative estimate of drug-likeness (QED) is 0.588. The fourth-order valence-electron chi connectivity index (χ4n) is 1.23. The summed E-state index contributed by atoms with van der Waals surface area (Å²) >= 11 is 0. The summed E-state index contributed by atoms with van der Waals surface area (Å²) in [7, 11) is 0. The summed E-state index contributed by atoms with van der Waals surface area (Å²) in [6.45, 7) is 0. The molecule has 0 saturated carbocycles. The third-order valence-corrected chi connectivity index (χ3v) is 2.10. The van der Waals surface area contributed by atoms with Crippen LogP contribution in [0.25, 0.3) is 0 Å². The van der Waals surface area contributed by atoms with Gasteiger partial charge in [-0.2, -0.15) is 0 Å². The first-order valence-electron chi connectivity index (χ1n) is 5.25. The topological polar surface area (TPSA) is 101 Å². The van der Waals surface area contributed by atoms with Crippen LogP contribution in [0.2, 0.25) is 0 Å². The van der Waals surface area contributed by atoms with E-state index in [1.165, 1.54) is 24.3 Å². The van der Waals surface area contributed by atoms with Gasteiger partial charge in [0.15, 0.2) is 0 Å². The normalized spacial score (nSPS) is 9.78. The first-order chi connectivity index (χ1) is 8.49. The summed E-state index contributed by atoms with van der Waals surface area (Å²) in [5, 5.41) is 17.1. The van der Waals surface area contributed by atoms with Gasteiger partial charge in [-0.25, -0.2) is 4.79 Å². The second kappa shape index (κ2) is 6.39. The van der Waals surface area contributed by atoms with E-state index in [1.54, 1.807) is 0 Å². The standard InChI is InChI=1S/C12H12O6/c13-10(14)2-1-3-11(15)18-9-6-4-8(5-7-9)12(16)17/h4-7H,1-3H2,(H,13,14)(H,16,17). The molecule has 0 aliphatic carbocycles. The van der Waals surface area contributed by atoms with Crippen molar-refractivity contribution in [3.8, 4) is 5.75 Å². The Hall–Kier alpha value is -2.37. The van der Waals surface area contributed by atoms with Crippen LogP contribution in [0.4, 0.5) is 0 Å². The van der Waals surface area contributed by atoms with Crippen molar-refractivity contribution < 1.29 is 29.3 Å². The maximum atomic E-state index is 11.3. The molecule has 0 fully saturated rings. The van der Waals surface area contributed by atoms with Gasteiger partial charge in [0, 0.05) is 12.8 Å². The minimum absolute atomic E-state index is 0.00693. The van der Waals surface area contributed by atoms with Gasteiger partial charge >= 0.3 is 17.9 Å². The molecule has 2 N–H and O–H groups in total. The fourth-order valence-corrected chi connectivity index (χ4v) is 1.23. The van der Waals surface area contributed by atoms with Crippen LogP contribution >= 0.6 is 0 Å². The number of hydrogen-bond acceptors (Lipinski definition) is 4. The number of aromatic carboxylic acids is 1. The Labute approximate surface area is 103 Å². The first-order valence-corrected chi connectivity index (χ1v) is 5.25. The van der Waals surface area contributed by atoms with Crippen molar-refractivity contribution in [3.05, 3.63) is 29.8 Å². The minimum atomic E-state index is -1.06. The van der Waals surface area contributed by atoms with E-state index >= 15 is 0 Å². The van der Waals surface area contributed by atoms with Crippen molar-refractivity contribution in [1.29, 1.82) is 0 Å². The largest absolute Gasteiger partial charge is 0.481 e. The van der Waals surface area contributed by atoms with E-state index in [1.807, 2.05) is 0 Å². The molecule has 0 spiro atoms. The van der Waals surface area contributed by atoms with Crippen LogP contribution < -0.4 is 4.74 Å². The highest BCUT2D eigenvalue weighted by molar-refractivity contribution is 5.87. The summed E-state index contributed by atoms with van der Waals surface area (Å²) in [6, 6.07) is 5.39. The molecule has 0 saturated heterocycles. The molecule has 0 atom stereocenters. The lowest BCUT2D eigenvalue weighted by molar-refractivity contribution is -0.137. The molecule has 1 aromatic carbocycles. The Morgan fingerprint density at radius 3 is 2.11 bits per heavy atom. The van der Waals surface area contributed by atoms with Gasteiger partial charge in [0.25, 0.3) is 0 Å². The summed E-state index contributed by atoms with van der Waals surface area (Å²) in [5.74, 6) is -2.33. The minimum Gasteiger partial charge on any atom is -0.481 e. The van der Waals surface area contributed by atoms with E-state index < -0.39 is 17.9 Å². The van der Waals surface area contributed by atoms with Gasteiger partial charge in [-0.15, -0.1) is 0 Å². The highest BCUT2D eigenvalue weighted by Crippen LogP contribution is 2.13. The van der Waals surface area contributed by atoms with Crippen LogP contribution in [0, 0.1) is 0 Å². The van der Waals surface area contributed by atoms with E-state index in [4.69, 9.17) is 14.9 Å². The first kappa shape index (κ1) is 13.7. The van der Waals surface area contributed by atoms with E-state index in [-0.39, 0.29) is 30.6 Å². The third kappa shape index (κ3) is 4.65. The van der Waals surface area contributed by atoms with Crippen molar-refractivity contribution >= 4 is 17.9 Å². The molecule has 0 aliphatic heterocycles. The number of carbonyl (C=O) groups excluding carboxylic acids is 1. The molecule has 1 rings (SSSR count). The van der Waals surface area contributed by atoms with Gasteiger partial charge in [0.1, 0.15) is 5.75 Å². The maximum Gasteiger partial charge on any atom is 0.335 e. The average Bonchev–Trinajstić information content (AvgIpc) is 2.29. The predicted molar refractivity (Wildman–Crippen MR) is 60.5 cm³/mol. The van der Waals surface area contributed by atoms with Gasteiger partial charge in [0.05, 0.1) is 5.56 Å². The number of carboxylic acid groups (broad SMARTS) is 2. The molecule has 0 radical (unpaired) electrons. The summed E-state index contributed by atoms with van der Waals surface area (Å²) in [4.78, 5) is 32.1. The zero-order valence-electron chi connectivity index (χ0n) is 9.46. The Morgan fingerprint density at radius 2 is 1.61 bits per heavy atom. The number of carbonyl (C=O) groups is 3. The Bertz CT molecular complexity index is 448. The SMILES string of the molecule is O=C(O)CCCC(=O)Oc1ccc(C(=O)O)cc1. The van der Waals surface area contributed by atoms with Crippen LogP contribution in [0.5, 0.6) is 5.75 Å². The van der Waals surface area contributed by atoms with Gasteiger partial charge in [0.2, 0.25) is 0 Å². The third-order valence-electron chi connectivity index (χ3n) is 2.10. The van der Waals surface area contributed by atoms with Crippen LogP contribution in [-0.2, 0) is 9.59 Å². The van der Waals surface area contributed by atoms with Gasteiger partial charge in [-0.1, -0.05) is 0 Å². The van der Waals surface area contributed by atoms with Crippen molar-refractivity contribution in [1.82, 2.24) is 0 Å². The van der Waals surface area contributed by atoms with Gasteiger partial charge in [-0.3, -0.25) is 9.59 Å². The molecule has 1 aromatic rings. The lowest BCUT2D eigenvalue weighted by Gasteiger charge is -2.03. The zero-order chi connectivity index (χ0) is 13.5. The second-order valence-corrected chi connectivity index (χ2v) is 3.55. The van der Waals surface area contributed by atoms with E-state index in [2.05, 4.69) is 0 Å². The van der Waals surface area contributed by atoms with Crippen LogP contribution in [0.1, 0.15) is 29.6 Å². The molecule has 0 amide bonds. The monoisotopic (exact) mass is 252 g/mol. The van der Waals surface area contributed by atoms with Crippen LogP contribution in [-0.4, -0.2) is 28.1 Å². The predicted octanol–water partition coefficient (Wildman–Crippen LogP) is 1.55. The fraction of sp³-hybridized carbons (Fsp3) is 0.250. The smallest absolute Gasteiger partial charge is 0.335 e. The highest BCUT2D eigenvalue weighted by atomic mass is 16.5. The molecule has 0 bridgehead atoms. The maximum absolute atomic E-state index is 11.3. The molecule has 18 heavy (non-hydrogen) atoms. The number of ether oxygens (including phenoxy) is 1. The van der Waals surface area contributed by atoms with E-state index in [0.29, 0.717) is 0 Å². The summed E-state index contributed by atoms with van der Waals surface area (Å²) in [6.07, 6.45) is 0.126. The number of carboxylic acids is 2. The molecule has 0 heterocycles. The number of hydrogen-bond donors (Lipinski definition) is 2. The molecule has 0 unspecified atom stereocenters. The molecule has 6 nitrogen and oxygen atoms in total. The second-order valence-electron chi connectivity index (χ2n) is 3.55. The number of rotatable bonds is 6. The average molecular weight is 252 g/mol. The van der Waals surface area contributed by atoms with Crippen molar-refractivity contribution in [2.24, 2.45) is 0 Å². The van der Waals surface area contributed by atoms with Crippen molar-refractivity contribution in [2.45, 2.75) is 19.3 Å². The number of aliphatic carboxylic acids is 1. The summed E-state index contributed by atoms with van der Waals surface area (Å²) < 4.78 is 4.91. The Morgan fingerprint density at radius 1 is 1.00 bits per heavy atom. The van der Waals surface area contributed by atoms with Crippen molar-refractivity contribution in [3.63, 3.8) is 0 Å². The lowest BCUT2D eigenvalue weighted by Crippen LogP contribution is -2.08. The van der Waals surface area contributed by atoms with Crippen LogP contribution in [0.3, 0.4) is 0 Å².